The molecule has 0 aromatic heterocycles. The molecule has 1 unspecified atom stereocenters. The van der Waals surface area contributed by atoms with E-state index in [0.29, 0.717) is 40.5 Å². The molecule has 0 heterocycles. The summed E-state index contributed by atoms with van der Waals surface area (Å²) in [6.07, 6.45) is 7.28. The molecule has 0 saturated carbocycles. The lowest BCUT2D eigenvalue weighted by atomic mass is 10.0. The Balaban J connectivity index is 2.96. The van der Waals surface area contributed by atoms with E-state index in [1.807, 2.05) is 37.3 Å². The summed E-state index contributed by atoms with van der Waals surface area (Å²) in [7, 11) is 0. The van der Waals surface area contributed by atoms with Crippen molar-refractivity contribution in [2.24, 2.45) is 5.92 Å². The van der Waals surface area contributed by atoms with E-state index < -0.39 is 0 Å². The molecule has 4 nitrogen and oxygen atoms in total. The largest absolute Gasteiger partial charge is 0.432 e. The quantitative estimate of drug-likeness (QED) is 0.791. The highest BCUT2D eigenvalue weighted by molar-refractivity contribution is 5.68. The van der Waals surface area contributed by atoms with Crippen LogP contribution in [0.25, 0.3) is 11.5 Å². The van der Waals surface area contributed by atoms with Gasteiger partial charge in [0.25, 0.3) is 12.9 Å². The molecule has 1 atom stereocenters. The van der Waals surface area contributed by atoms with Crippen molar-refractivity contribution in [2.45, 2.75) is 6.92 Å². The van der Waals surface area contributed by atoms with Gasteiger partial charge in [-0.1, -0.05) is 62.1 Å². The molecule has 22 heavy (non-hydrogen) atoms. The first-order chi connectivity index (χ1) is 10.7. The summed E-state index contributed by atoms with van der Waals surface area (Å²) >= 11 is 0. The van der Waals surface area contributed by atoms with Crippen LogP contribution in [0.2, 0.25) is 0 Å². The molecule has 1 aromatic rings. The summed E-state index contributed by atoms with van der Waals surface area (Å²) in [5, 5.41) is 1.32. The number of hydrogen-bond acceptors (Lipinski definition) is 4. The van der Waals surface area contributed by atoms with E-state index in [-0.39, 0.29) is 5.92 Å². The predicted molar refractivity (Wildman–Crippen MR) is 83.4 cm³/mol. The highest BCUT2D eigenvalue weighted by Gasteiger charge is 2.12. The maximum atomic E-state index is 10.9. The number of carbonyl (C=O) groups is 2. The number of allylic oxidation sites excluding steroid dienone is 2. The van der Waals surface area contributed by atoms with Crippen LogP contribution in [0, 0.1) is 5.92 Å². The number of fused-ring (bicyclic) bond motifs is 1. The fraction of sp³-hybridized carbons (Fsp3) is 0.111. The van der Waals surface area contributed by atoms with Crippen molar-refractivity contribution in [3.05, 3.63) is 71.2 Å². The molecule has 0 bridgehead atoms. The minimum atomic E-state index is -0.125. The van der Waals surface area contributed by atoms with E-state index >= 15 is 0 Å². The third-order valence-electron chi connectivity index (χ3n) is 3.29. The molecule has 4 heteroatoms. The maximum Gasteiger partial charge on any atom is 0.298 e. The Kier molecular flexibility index (Phi) is 5.09. The Morgan fingerprint density at radius 3 is 2.41 bits per heavy atom. The topological polar surface area (TPSA) is 52.6 Å². The zero-order valence-electron chi connectivity index (χ0n) is 12.2. The summed E-state index contributed by atoms with van der Waals surface area (Å²) in [4.78, 5) is 21.7. The summed E-state index contributed by atoms with van der Waals surface area (Å²) in [6.45, 7) is 6.58. The first-order valence-electron chi connectivity index (χ1n) is 6.77. The van der Waals surface area contributed by atoms with E-state index in [4.69, 9.17) is 9.47 Å². The zero-order valence-corrected chi connectivity index (χ0v) is 12.2. The van der Waals surface area contributed by atoms with Gasteiger partial charge in [0.15, 0.2) is 0 Å². The molecule has 0 radical (unpaired) electrons. The van der Waals surface area contributed by atoms with Crippen LogP contribution in [0.5, 0.6) is 0 Å². The van der Waals surface area contributed by atoms with Gasteiger partial charge in [0, 0.05) is 21.9 Å². The van der Waals surface area contributed by atoms with Crippen LogP contribution >= 0.6 is 0 Å². The normalized spacial score (nSPS) is 25.5. The van der Waals surface area contributed by atoms with Crippen LogP contribution in [-0.4, -0.2) is 12.9 Å². The van der Waals surface area contributed by atoms with Gasteiger partial charge in [-0.3, -0.25) is 9.59 Å². The van der Waals surface area contributed by atoms with E-state index in [0.717, 1.165) is 0 Å². The van der Waals surface area contributed by atoms with E-state index in [1.165, 1.54) is 0 Å². The fourth-order valence-electron chi connectivity index (χ4n) is 2.29. The highest BCUT2D eigenvalue weighted by Crippen LogP contribution is 2.15. The molecular formula is C18H16O4. The summed E-state index contributed by atoms with van der Waals surface area (Å²) in [5.74, 6) is 0.688. The van der Waals surface area contributed by atoms with Crippen molar-refractivity contribution in [1.82, 2.24) is 0 Å². The average molecular weight is 296 g/mol. The van der Waals surface area contributed by atoms with E-state index in [2.05, 4.69) is 6.58 Å². The number of hydrogen-bond donors (Lipinski definition) is 0. The van der Waals surface area contributed by atoms with Gasteiger partial charge in [-0.15, -0.1) is 0 Å². The number of rotatable bonds is 4. The summed E-state index contributed by atoms with van der Waals surface area (Å²) in [6, 6.07) is 7.24. The number of carbonyl (C=O) groups excluding carboxylic acids is 2. The average Bonchev–Trinajstić information content (AvgIpc) is 2.53. The van der Waals surface area contributed by atoms with Crippen LogP contribution in [0.4, 0.5) is 0 Å². The third kappa shape index (κ3) is 3.23. The number of benzene rings is 1. The van der Waals surface area contributed by atoms with Crippen LogP contribution in [0.1, 0.15) is 6.92 Å². The van der Waals surface area contributed by atoms with E-state index in [1.54, 1.807) is 18.2 Å². The van der Waals surface area contributed by atoms with Crippen LogP contribution < -0.4 is 10.4 Å². The minimum absolute atomic E-state index is 0.125. The molecule has 1 aromatic carbocycles. The first-order valence-corrected chi connectivity index (χ1v) is 6.77. The monoisotopic (exact) mass is 296 g/mol. The van der Waals surface area contributed by atoms with Crippen molar-refractivity contribution in [3.63, 3.8) is 0 Å². The van der Waals surface area contributed by atoms with Crippen LogP contribution in [-0.2, 0) is 19.1 Å². The standard InChI is InChI=1S/C18H16O4/c1-13-7-3-4-8-14(2)18(22-12-20)16-10-6-5-9-15(16)17(13)21-11-19/h3-12,14H,1H2,2H3/b7-3-,8-4-,17-15+,18-16+. The van der Waals surface area contributed by atoms with Gasteiger partial charge < -0.3 is 9.47 Å². The Morgan fingerprint density at radius 1 is 1.05 bits per heavy atom. The molecule has 0 fully saturated rings. The van der Waals surface area contributed by atoms with Gasteiger partial charge in [-0.2, -0.15) is 0 Å². The molecule has 0 N–H and O–H groups in total. The maximum absolute atomic E-state index is 10.9. The second-order valence-corrected chi connectivity index (χ2v) is 4.73. The summed E-state index contributed by atoms with van der Waals surface area (Å²) in [5.41, 5.74) is 0.546. The van der Waals surface area contributed by atoms with Gasteiger partial charge in [0.05, 0.1) is 0 Å². The Labute approximate surface area is 128 Å². The van der Waals surface area contributed by atoms with E-state index in [9.17, 15) is 9.59 Å². The smallest absolute Gasteiger partial charge is 0.298 e. The van der Waals surface area contributed by atoms with Gasteiger partial charge >= 0.3 is 0 Å². The van der Waals surface area contributed by atoms with Crippen molar-refractivity contribution >= 4 is 24.5 Å². The second kappa shape index (κ2) is 7.22. The van der Waals surface area contributed by atoms with Gasteiger partial charge in [0.1, 0.15) is 11.5 Å². The lowest BCUT2D eigenvalue weighted by molar-refractivity contribution is -0.123. The number of ether oxygens (including phenoxy) is 2. The fourth-order valence-corrected chi connectivity index (χ4v) is 2.29. The predicted octanol–water partition coefficient (Wildman–Crippen LogP) is 1.57. The first kappa shape index (κ1) is 15.5. The Morgan fingerprint density at radius 2 is 1.73 bits per heavy atom. The summed E-state index contributed by atoms with van der Waals surface area (Å²) < 4.78 is 10.3. The van der Waals surface area contributed by atoms with Crippen LogP contribution in [0.3, 0.4) is 0 Å². The molecular weight excluding hydrogens is 280 g/mol. The molecule has 0 spiro atoms. The lowest BCUT2D eigenvalue weighted by Gasteiger charge is -2.12. The molecule has 0 aliphatic heterocycles. The van der Waals surface area contributed by atoms with Gasteiger partial charge in [-0.05, 0) is 0 Å². The van der Waals surface area contributed by atoms with Gasteiger partial charge in [0.2, 0.25) is 0 Å². The SMILES string of the molecule is C=C1/C=C\C=C/C(C)/C(OC=O)=c2/cccc/c2=C/1OC=O. The molecule has 0 amide bonds. The highest BCUT2D eigenvalue weighted by atomic mass is 16.5. The van der Waals surface area contributed by atoms with Crippen molar-refractivity contribution in [1.29, 1.82) is 0 Å². The Bertz CT molecular complexity index is 769. The van der Waals surface area contributed by atoms with Gasteiger partial charge in [-0.25, -0.2) is 0 Å². The van der Waals surface area contributed by atoms with Crippen molar-refractivity contribution in [2.75, 3.05) is 0 Å². The molecule has 0 saturated heterocycles. The Hall–Kier alpha value is -2.88. The minimum Gasteiger partial charge on any atom is -0.432 e. The van der Waals surface area contributed by atoms with Crippen molar-refractivity contribution < 1.29 is 19.1 Å². The molecule has 1 aliphatic carbocycles. The molecule has 112 valence electrons. The third-order valence-corrected chi connectivity index (χ3v) is 3.29. The lowest BCUT2D eigenvalue weighted by Crippen LogP contribution is -2.32. The molecule has 1 aliphatic rings. The van der Waals surface area contributed by atoms with Crippen LogP contribution in [0.15, 0.2) is 60.7 Å². The second-order valence-electron chi connectivity index (χ2n) is 4.73. The zero-order chi connectivity index (χ0) is 15.9. The molecule has 2 rings (SSSR count). The van der Waals surface area contributed by atoms with Crippen molar-refractivity contribution in [3.8, 4) is 0 Å².